The van der Waals surface area contributed by atoms with Crippen molar-refractivity contribution in [3.8, 4) is 0 Å². The second-order valence-electron chi connectivity index (χ2n) is 4.40. The Hall–Kier alpha value is -1.33. The SMILES string of the molecule is CO[C@H]1CNCC[C@H]1NC(=O)c1ccc(C)[nH]1. The predicted molar refractivity (Wildman–Crippen MR) is 65.1 cm³/mol. The monoisotopic (exact) mass is 237 g/mol. The number of piperidine rings is 1. The Morgan fingerprint density at radius 1 is 1.53 bits per heavy atom. The number of hydrogen-bond acceptors (Lipinski definition) is 3. The van der Waals surface area contributed by atoms with Crippen molar-refractivity contribution in [1.82, 2.24) is 15.6 Å². The number of methoxy groups -OCH3 is 1. The Balaban J connectivity index is 1.97. The molecule has 5 nitrogen and oxygen atoms in total. The number of amides is 1. The molecule has 5 heteroatoms. The molecule has 0 radical (unpaired) electrons. The van der Waals surface area contributed by atoms with E-state index in [4.69, 9.17) is 4.74 Å². The van der Waals surface area contributed by atoms with Crippen molar-refractivity contribution in [1.29, 1.82) is 0 Å². The maximum Gasteiger partial charge on any atom is 0.268 e. The van der Waals surface area contributed by atoms with Crippen LogP contribution in [0, 0.1) is 6.92 Å². The first kappa shape index (κ1) is 12.1. The Bertz CT molecular complexity index is 389. The number of H-pyrrole nitrogens is 1. The lowest BCUT2D eigenvalue weighted by molar-refractivity contribution is 0.0475. The van der Waals surface area contributed by atoms with Gasteiger partial charge in [0.25, 0.3) is 5.91 Å². The molecule has 0 unspecified atom stereocenters. The van der Waals surface area contributed by atoms with Gasteiger partial charge in [0.15, 0.2) is 0 Å². The maximum atomic E-state index is 12.0. The molecule has 1 aliphatic heterocycles. The third kappa shape index (κ3) is 2.87. The number of nitrogens with one attached hydrogen (secondary N) is 3. The van der Waals surface area contributed by atoms with Crippen LogP contribution in [0.15, 0.2) is 12.1 Å². The summed E-state index contributed by atoms with van der Waals surface area (Å²) in [4.78, 5) is 15.0. The molecule has 2 heterocycles. The van der Waals surface area contributed by atoms with Gasteiger partial charge in [0.05, 0.1) is 12.1 Å². The molecule has 1 aromatic heterocycles. The zero-order valence-electron chi connectivity index (χ0n) is 10.2. The number of ether oxygens (including phenoxy) is 1. The lowest BCUT2D eigenvalue weighted by Crippen LogP contribution is -2.53. The predicted octanol–water partition coefficient (Wildman–Crippen LogP) is 0.430. The standard InChI is InChI=1S/C12H19N3O2/c1-8-3-4-10(14-8)12(16)15-9-5-6-13-7-11(9)17-2/h3-4,9,11,13-14H,5-7H2,1-2H3,(H,15,16)/t9-,11+/m1/s1. The van der Waals surface area contributed by atoms with Gasteiger partial charge in [0.2, 0.25) is 0 Å². The molecule has 0 saturated carbocycles. The Kier molecular flexibility index (Phi) is 3.81. The summed E-state index contributed by atoms with van der Waals surface area (Å²) in [5.74, 6) is -0.0629. The highest BCUT2D eigenvalue weighted by Crippen LogP contribution is 2.08. The van der Waals surface area contributed by atoms with Gasteiger partial charge in [0, 0.05) is 19.3 Å². The van der Waals surface area contributed by atoms with Crippen LogP contribution in [0.1, 0.15) is 22.6 Å². The minimum absolute atomic E-state index is 0.0451. The zero-order valence-corrected chi connectivity index (χ0v) is 10.2. The molecule has 3 N–H and O–H groups in total. The molecule has 1 amide bonds. The second-order valence-corrected chi connectivity index (χ2v) is 4.40. The van der Waals surface area contributed by atoms with Crippen molar-refractivity contribution >= 4 is 5.91 Å². The first-order valence-corrected chi connectivity index (χ1v) is 5.90. The molecule has 1 fully saturated rings. The number of aryl methyl sites for hydroxylation is 1. The third-order valence-electron chi connectivity index (χ3n) is 3.12. The van der Waals surface area contributed by atoms with Gasteiger partial charge in [-0.15, -0.1) is 0 Å². The van der Waals surface area contributed by atoms with Gasteiger partial charge in [-0.05, 0) is 32.0 Å². The highest BCUT2D eigenvalue weighted by Gasteiger charge is 2.26. The lowest BCUT2D eigenvalue weighted by atomic mass is 10.0. The maximum absolute atomic E-state index is 12.0. The number of aromatic nitrogens is 1. The summed E-state index contributed by atoms with van der Waals surface area (Å²) >= 11 is 0. The molecule has 1 saturated heterocycles. The van der Waals surface area contributed by atoms with E-state index in [9.17, 15) is 4.79 Å². The van der Waals surface area contributed by atoms with E-state index >= 15 is 0 Å². The first-order chi connectivity index (χ1) is 8.20. The Labute approximate surface area is 101 Å². The molecule has 17 heavy (non-hydrogen) atoms. The molecule has 2 rings (SSSR count). The van der Waals surface area contributed by atoms with Crippen molar-refractivity contribution in [2.24, 2.45) is 0 Å². The van der Waals surface area contributed by atoms with Crippen LogP contribution in [0.3, 0.4) is 0 Å². The van der Waals surface area contributed by atoms with E-state index in [0.717, 1.165) is 25.2 Å². The largest absolute Gasteiger partial charge is 0.378 e. The summed E-state index contributed by atoms with van der Waals surface area (Å²) in [6, 6.07) is 3.77. The van der Waals surface area contributed by atoms with E-state index in [-0.39, 0.29) is 18.1 Å². The van der Waals surface area contributed by atoms with Crippen LogP contribution < -0.4 is 10.6 Å². The van der Waals surface area contributed by atoms with Crippen LogP contribution in [0.25, 0.3) is 0 Å². The lowest BCUT2D eigenvalue weighted by Gasteiger charge is -2.31. The molecule has 0 aliphatic carbocycles. The van der Waals surface area contributed by atoms with Crippen molar-refractivity contribution in [2.75, 3.05) is 20.2 Å². The summed E-state index contributed by atoms with van der Waals surface area (Å²) < 4.78 is 5.36. The van der Waals surface area contributed by atoms with E-state index < -0.39 is 0 Å². The van der Waals surface area contributed by atoms with Crippen LogP contribution in [-0.2, 0) is 4.74 Å². The number of hydrogen-bond donors (Lipinski definition) is 3. The number of carbonyl (C=O) groups excluding carboxylic acids is 1. The zero-order chi connectivity index (χ0) is 12.3. The van der Waals surface area contributed by atoms with Crippen molar-refractivity contribution < 1.29 is 9.53 Å². The van der Waals surface area contributed by atoms with Gasteiger partial charge in [-0.3, -0.25) is 4.79 Å². The molecule has 0 aromatic carbocycles. The summed E-state index contributed by atoms with van der Waals surface area (Å²) in [5.41, 5.74) is 1.60. The minimum Gasteiger partial charge on any atom is -0.378 e. The fourth-order valence-electron chi connectivity index (χ4n) is 2.13. The molecular formula is C12H19N3O2. The number of aromatic amines is 1. The third-order valence-corrected chi connectivity index (χ3v) is 3.12. The quantitative estimate of drug-likeness (QED) is 0.714. The Morgan fingerprint density at radius 2 is 2.35 bits per heavy atom. The van der Waals surface area contributed by atoms with Crippen LogP contribution >= 0.6 is 0 Å². The number of carbonyl (C=O) groups is 1. The fourth-order valence-corrected chi connectivity index (χ4v) is 2.13. The van der Waals surface area contributed by atoms with Gasteiger partial charge >= 0.3 is 0 Å². The molecule has 1 aromatic rings. The highest BCUT2D eigenvalue weighted by molar-refractivity contribution is 5.92. The summed E-state index contributed by atoms with van der Waals surface area (Å²) in [5, 5.41) is 6.26. The van der Waals surface area contributed by atoms with Gasteiger partial charge < -0.3 is 20.4 Å². The van der Waals surface area contributed by atoms with E-state index in [1.54, 1.807) is 13.2 Å². The minimum atomic E-state index is -0.0629. The van der Waals surface area contributed by atoms with Crippen molar-refractivity contribution in [2.45, 2.75) is 25.5 Å². The Morgan fingerprint density at radius 3 is 3.00 bits per heavy atom. The molecule has 94 valence electrons. The molecule has 0 bridgehead atoms. The van der Waals surface area contributed by atoms with Crippen molar-refractivity contribution in [3.05, 3.63) is 23.5 Å². The van der Waals surface area contributed by atoms with E-state index in [0.29, 0.717) is 5.69 Å². The molecular weight excluding hydrogens is 218 g/mol. The molecule has 2 atom stereocenters. The van der Waals surface area contributed by atoms with Gasteiger partial charge in [0.1, 0.15) is 5.69 Å². The summed E-state index contributed by atoms with van der Waals surface area (Å²) in [7, 11) is 1.68. The van der Waals surface area contributed by atoms with Crippen LogP contribution in [0.4, 0.5) is 0 Å². The smallest absolute Gasteiger partial charge is 0.268 e. The summed E-state index contributed by atoms with van der Waals surface area (Å²) in [6.07, 6.45) is 0.938. The van der Waals surface area contributed by atoms with Crippen LogP contribution in [-0.4, -0.2) is 43.2 Å². The van der Waals surface area contributed by atoms with E-state index in [2.05, 4.69) is 15.6 Å². The molecule has 1 aliphatic rings. The van der Waals surface area contributed by atoms with Crippen LogP contribution in [0.2, 0.25) is 0 Å². The number of rotatable bonds is 3. The van der Waals surface area contributed by atoms with E-state index in [1.165, 1.54) is 0 Å². The van der Waals surface area contributed by atoms with E-state index in [1.807, 2.05) is 13.0 Å². The highest BCUT2D eigenvalue weighted by atomic mass is 16.5. The molecule has 0 spiro atoms. The van der Waals surface area contributed by atoms with Crippen molar-refractivity contribution in [3.63, 3.8) is 0 Å². The van der Waals surface area contributed by atoms with Gasteiger partial charge in [-0.1, -0.05) is 0 Å². The van der Waals surface area contributed by atoms with Gasteiger partial charge in [-0.25, -0.2) is 0 Å². The van der Waals surface area contributed by atoms with Crippen LogP contribution in [0.5, 0.6) is 0 Å². The first-order valence-electron chi connectivity index (χ1n) is 5.90. The topological polar surface area (TPSA) is 66.2 Å². The normalized spacial score (nSPS) is 24.6. The van der Waals surface area contributed by atoms with Gasteiger partial charge in [-0.2, -0.15) is 0 Å². The average molecular weight is 237 g/mol. The second kappa shape index (κ2) is 5.33. The fraction of sp³-hybridized carbons (Fsp3) is 0.583. The summed E-state index contributed by atoms with van der Waals surface area (Å²) in [6.45, 7) is 3.62. The average Bonchev–Trinajstić information content (AvgIpc) is 2.77.